The Kier molecular flexibility index (Phi) is 5.46. The van der Waals surface area contributed by atoms with Crippen molar-refractivity contribution in [2.24, 2.45) is 0 Å². The molecule has 0 saturated heterocycles. The number of methoxy groups -OCH3 is 1. The summed E-state index contributed by atoms with van der Waals surface area (Å²) in [6, 6.07) is 4.05. The topological polar surface area (TPSA) is 39.1 Å². The monoisotopic (exact) mass is 313 g/mol. The standard InChI is InChI=1S/C14H20ClN3OS/c1-4-8-16-13(11-6-7-12(15)20-11)14-10(19-3)9-17-18(14)5-2/h6-7,9,13,16H,4-5,8H2,1-3H3. The van der Waals surface area contributed by atoms with Crippen molar-refractivity contribution in [1.82, 2.24) is 15.1 Å². The van der Waals surface area contributed by atoms with Crippen molar-refractivity contribution in [3.63, 3.8) is 0 Å². The number of nitrogens with zero attached hydrogens (tertiary/aromatic N) is 2. The van der Waals surface area contributed by atoms with Crippen molar-refractivity contribution < 1.29 is 4.74 Å². The van der Waals surface area contributed by atoms with Crippen LogP contribution >= 0.6 is 22.9 Å². The fourth-order valence-corrected chi connectivity index (χ4v) is 3.32. The molecule has 2 aromatic heterocycles. The summed E-state index contributed by atoms with van der Waals surface area (Å²) in [5.41, 5.74) is 1.06. The molecule has 1 unspecified atom stereocenters. The van der Waals surface area contributed by atoms with E-state index in [0.29, 0.717) is 0 Å². The van der Waals surface area contributed by atoms with E-state index in [1.807, 2.05) is 10.7 Å². The molecule has 20 heavy (non-hydrogen) atoms. The Hall–Kier alpha value is -1.04. The fraction of sp³-hybridized carbons (Fsp3) is 0.500. The van der Waals surface area contributed by atoms with Crippen LogP contribution in [0.15, 0.2) is 18.3 Å². The number of ether oxygens (including phenoxy) is 1. The van der Waals surface area contributed by atoms with Gasteiger partial charge in [0.25, 0.3) is 0 Å². The summed E-state index contributed by atoms with van der Waals surface area (Å²) in [6.07, 6.45) is 2.84. The molecule has 2 rings (SSSR count). The van der Waals surface area contributed by atoms with Crippen molar-refractivity contribution in [2.75, 3.05) is 13.7 Å². The molecule has 2 aromatic rings. The van der Waals surface area contributed by atoms with E-state index in [4.69, 9.17) is 16.3 Å². The minimum Gasteiger partial charge on any atom is -0.493 e. The third-order valence-electron chi connectivity index (χ3n) is 3.11. The third kappa shape index (κ3) is 3.16. The Morgan fingerprint density at radius 3 is 2.80 bits per heavy atom. The SMILES string of the molecule is CCCNC(c1ccc(Cl)s1)c1c(OC)cnn1CC. The van der Waals surface area contributed by atoms with Gasteiger partial charge in [-0.05, 0) is 32.0 Å². The molecule has 0 aliphatic heterocycles. The number of hydrogen-bond acceptors (Lipinski definition) is 4. The highest BCUT2D eigenvalue weighted by atomic mass is 35.5. The van der Waals surface area contributed by atoms with Gasteiger partial charge in [0.15, 0.2) is 5.75 Å². The Morgan fingerprint density at radius 2 is 2.25 bits per heavy atom. The molecule has 6 heteroatoms. The number of thiophene rings is 1. The van der Waals surface area contributed by atoms with Crippen LogP contribution < -0.4 is 10.1 Å². The van der Waals surface area contributed by atoms with Crippen LogP contribution in [0.5, 0.6) is 5.75 Å². The maximum Gasteiger partial charge on any atom is 0.161 e. The Morgan fingerprint density at radius 1 is 1.45 bits per heavy atom. The van der Waals surface area contributed by atoms with Crippen LogP contribution in [0.2, 0.25) is 4.34 Å². The number of hydrogen-bond donors (Lipinski definition) is 1. The van der Waals surface area contributed by atoms with Gasteiger partial charge >= 0.3 is 0 Å². The van der Waals surface area contributed by atoms with Crippen LogP contribution in [0.4, 0.5) is 0 Å². The summed E-state index contributed by atoms with van der Waals surface area (Å²) >= 11 is 7.67. The predicted molar refractivity (Wildman–Crippen MR) is 83.9 cm³/mol. The molecule has 0 aliphatic carbocycles. The number of aryl methyl sites for hydroxylation is 1. The highest BCUT2D eigenvalue weighted by Crippen LogP contribution is 2.35. The fourth-order valence-electron chi connectivity index (χ4n) is 2.18. The van der Waals surface area contributed by atoms with Gasteiger partial charge in [0.1, 0.15) is 5.69 Å². The van der Waals surface area contributed by atoms with Crippen molar-refractivity contribution in [3.8, 4) is 5.75 Å². The van der Waals surface area contributed by atoms with Crippen molar-refractivity contribution >= 4 is 22.9 Å². The van der Waals surface area contributed by atoms with E-state index >= 15 is 0 Å². The van der Waals surface area contributed by atoms with Gasteiger partial charge in [0.2, 0.25) is 0 Å². The summed E-state index contributed by atoms with van der Waals surface area (Å²) in [5, 5.41) is 7.95. The lowest BCUT2D eigenvalue weighted by molar-refractivity contribution is 0.399. The van der Waals surface area contributed by atoms with Crippen molar-refractivity contribution in [1.29, 1.82) is 0 Å². The van der Waals surface area contributed by atoms with Gasteiger partial charge < -0.3 is 10.1 Å². The highest BCUT2D eigenvalue weighted by molar-refractivity contribution is 7.16. The first-order chi connectivity index (χ1) is 9.71. The molecule has 0 spiro atoms. The lowest BCUT2D eigenvalue weighted by Crippen LogP contribution is -2.25. The minimum absolute atomic E-state index is 0.0600. The van der Waals surface area contributed by atoms with Gasteiger partial charge in [0.05, 0.1) is 23.7 Å². The van der Waals surface area contributed by atoms with E-state index in [1.165, 1.54) is 4.88 Å². The molecule has 0 aromatic carbocycles. The van der Waals surface area contributed by atoms with Gasteiger partial charge in [-0.2, -0.15) is 5.10 Å². The molecule has 0 bridgehead atoms. The van der Waals surface area contributed by atoms with Crippen molar-refractivity contribution in [2.45, 2.75) is 32.9 Å². The Labute approximate surface area is 128 Å². The Bertz CT molecular complexity index is 531. The average molecular weight is 314 g/mol. The number of rotatable bonds is 7. The molecule has 1 atom stereocenters. The second-order valence-electron chi connectivity index (χ2n) is 4.44. The molecule has 0 amide bonds. The normalized spacial score (nSPS) is 12.6. The van der Waals surface area contributed by atoms with Gasteiger partial charge in [0, 0.05) is 11.4 Å². The molecule has 110 valence electrons. The lowest BCUT2D eigenvalue weighted by Gasteiger charge is -2.19. The van der Waals surface area contributed by atoms with Gasteiger partial charge in [-0.15, -0.1) is 11.3 Å². The van der Waals surface area contributed by atoms with E-state index < -0.39 is 0 Å². The third-order valence-corrected chi connectivity index (χ3v) is 4.41. The summed E-state index contributed by atoms with van der Waals surface area (Å²) in [4.78, 5) is 1.18. The molecular weight excluding hydrogens is 294 g/mol. The average Bonchev–Trinajstić information content (AvgIpc) is 3.06. The van der Waals surface area contributed by atoms with E-state index in [9.17, 15) is 0 Å². The molecule has 0 saturated carbocycles. The lowest BCUT2D eigenvalue weighted by atomic mass is 10.1. The molecule has 0 fully saturated rings. The number of aromatic nitrogens is 2. The van der Waals surface area contributed by atoms with Gasteiger partial charge in [-0.3, -0.25) is 4.68 Å². The summed E-state index contributed by atoms with van der Waals surface area (Å²) < 4.78 is 8.23. The molecule has 0 aliphatic rings. The van der Waals surface area contributed by atoms with Crippen LogP contribution in [-0.4, -0.2) is 23.4 Å². The minimum atomic E-state index is 0.0600. The second kappa shape index (κ2) is 7.11. The van der Waals surface area contributed by atoms with Crippen molar-refractivity contribution in [3.05, 3.63) is 33.2 Å². The van der Waals surface area contributed by atoms with Gasteiger partial charge in [-0.1, -0.05) is 18.5 Å². The summed E-state index contributed by atoms with van der Waals surface area (Å²) in [7, 11) is 1.68. The first-order valence-corrected chi connectivity index (χ1v) is 7.99. The number of nitrogens with one attached hydrogen (secondary N) is 1. The molecule has 4 nitrogen and oxygen atoms in total. The zero-order valence-corrected chi connectivity index (χ0v) is 13.6. The highest BCUT2D eigenvalue weighted by Gasteiger charge is 2.24. The van der Waals surface area contributed by atoms with Crippen LogP contribution in [0, 0.1) is 0 Å². The zero-order chi connectivity index (χ0) is 14.5. The first kappa shape index (κ1) is 15.4. The van der Waals surface area contributed by atoms with Crippen LogP contribution in [0.1, 0.15) is 36.9 Å². The second-order valence-corrected chi connectivity index (χ2v) is 6.19. The Balaban J connectivity index is 2.42. The van der Waals surface area contributed by atoms with E-state index in [1.54, 1.807) is 24.6 Å². The summed E-state index contributed by atoms with van der Waals surface area (Å²) in [6.45, 7) is 5.97. The largest absolute Gasteiger partial charge is 0.493 e. The quantitative estimate of drug-likeness (QED) is 0.847. The molecule has 2 heterocycles. The summed E-state index contributed by atoms with van der Waals surface area (Å²) in [5.74, 6) is 0.810. The van der Waals surface area contributed by atoms with E-state index in [2.05, 4.69) is 30.3 Å². The molecule has 1 N–H and O–H groups in total. The van der Waals surface area contributed by atoms with E-state index in [0.717, 1.165) is 35.3 Å². The number of halogens is 1. The molecular formula is C14H20ClN3OS. The molecule has 0 radical (unpaired) electrons. The maximum atomic E-state index is 6.08. The first-order valence-electron chi connectivity index (χ1n) is 6.79. The van der Waals surface area contributed by atoms with Gasteiger partial charge in [-0.25, -0.2) is 0 Å². The smallest absolute Gasteiger partial charge is 0.161 e. The van der Waals surface area contributed by atoms with Crippen LogP contribution in [0.25, 0.3) is 0 Å². The maximum absolute atomic E-state index is 6.08. The predicted octanol–water partition coefficient (Wildman–Crippen LogP) is 3.72. The van der Waals surface area contributed by atoms with Crippen LogP contribution in [-0.2, 0) is 6.54 Å². The van der Waals surface area contributed by atoms with Crippen LogP contribution in [0.3, 0.4) is 0 Å². The van der Waals surface area contributed by atoms with E-state index in [-0.39, 0.29) is 6.04 Å². The zero-order valence-electron chi connectivity index (χ0n) is 12.0.